The average Bonchev–Trinajstić information content (AvgIpc) is 3.18. The molecule has 0 aromatic rings. The van der Waals surface area contributed by atoms with Gasteiger partial charge in [-0.05, 0) is 12.8 Å². The fourth-order valence-corrected chi connectivity index (χ4v) is 7.87. The Morgan fingerprint density at radius 2 is 0.909 bits per heavy atom. The van der Waals surface area contributed by atoms with Crippen LogP contribution in [0.3, 0.4) is 0 Å². The number of carbonyl (C=O) groups is 1. The Morgan fingerprint density at radius 1 is 0.545 bits per heavy atom. The van der Waals surface area contributed by atoms with Gasteiger partial charge in [-0.2, -0.15) is 0 Å². The first-order valence-corrected chi connectivity index (χ1v) is 23.7. The van der Waals surface area contributed by atoms with E-state index in [-0.39, 0.29) is 12.5 Å². The van der Waals surface area contributed by atoms with E-state index in [1.165, 1.54) is 167 Å². The second-order valence-corrected chi connectivity index (χ2v) is 16.9. The molecule has 1 amide bonds. The number of aliphatic hydroxyl groups excluding tert-OH is 5. The number of rotatable bonds is 40. The monoisotopic (exact) mass is 786 g/mol. The Labute approximate surface area is 338 Å². The molecule has 1 rings (SSSR count). The van der Waals surface area contributed by atoms with Gasteiger partial charge in [0.05, 0.1) is 25.4 Å². The van der Waals surface area contributed by atoms with Crippen LogP contribution in [-0.2, 0) is 14.3 Å². The van der Waals surface area contributed by atoms with Gasteiger partial charge < -0.3 is 40.3 Å². The maximum atomic E-state index is 12.8. The molecule has 0 aromatic heterocycles. The molecule has 1 fully saturated rings. The molecule has 0 aromatic carbocycles. The highest BCUT2D eigenvalue weighted by Gasteiger charge is 2.44. The highest BCUT2D eigenvalue weighted by atomic mass is 16.7. The summed E-state index contributed by atoms with van der Waals surface area (Å²) in [7, 11) is 0. The van der Waals surface area contributed by atoms with Gasteiger partial charge in [-0.15, -0.1) is 0 Å². The zero-order valence-electron chi connectivity index (χ0n) is 36.0. The van der Waals surface area contributed by atoms with Gasteiger partial charge >= 0.3 is 0 Å². The van der Waals surface area contributed by atoms with Gasteiger partial charge in [0.1, 0.15) is 24.4 Å². The second-order valence-electron chi connectivity index (χ2n) is 16.9. The largest absolute Gasteiger partial charge is 0.394 e. The van der Waals surface area contributed by atoms with Crippen molar-refractivity contribution in [3.63, 3.8) is 0 Å². The van der Waals surface area contributed by atoms with Crippen LogP contribution < -0.4 is 5.32 Å². The number of hydrogen-bond acceptors (Lipinski definition) is 8. The maximum absolute atomic E-state index is 12.8. The third kappa shape index (κ3) is 28.3. The van der Waals surface area contributed by atoms with Gasteiger partial charge in [0, 0.05) is 6.42 Å². The molecule has 55 heavy (non-hydrogen) atoms. The fourth-order valence-electron chi connectivity index (χ4n) is 7.87. The summed E-state index contributed by atoms with van der Waals surface area (Å²) in [6.07, 6.45) is 35.2. The van der Waals surface area contributed by atoms with Crippen LogP contribution in [0.15, 0.2) is 0 Å². The lowest BCUT2D eigenvalue weighted by molar-refractivity contribution is -0.302. The van der Waals surface area contributed by atoms with E-state index in [2.05, 4.69) is 19.2 Å². The van der Waals surface area contributed by atoms with Crippen LogP contribution in [-0.4, -0.2) is 87.5 Å². The Kier molecular flexibility index (Phi) is 35.6. The highest BCUT2D eigenvalue weighted by molar-refractivity contribution is 5.76. The molecule has 0 aliphatic carbocycles. The van der Waals surface area contributed by atoms with Crippen LogP contribution >= 0.6 is 0 Å². The van der Waals surface area contributed by atoms with Crippen molar-refractivity contribution in [2.24, 2.45) is 0 Å². The molecule has 1 heterocycles. The normalized spacial score (nSPS) is 21.2. The predicted octanol–water partition coefficient (Wildman–Crippen LogP) is 9.95. The number of amides is 1. The highest BCUT2D eigenvalue weighted by Crippen LogP contribution is 2.23. The van der Waals surface area contributed by atoms with Crippen LogP contribution in [0.5, 0.6) is 0 Å². The van der Waals surface area contributed by atoms with Crippen LogP contribution in [0.1, 0.15) is 232 Å². The summed E-state index contributed by atoms with van der Waals surface area (Å²) >= 11 is 0. The van der Waals surface area contributed by atoms with Crippen molar-refractivity contribution in [3.05, 3.63) is 0 Å². The molecule has 7 unspecified atom stereocenters. The zero-order valence-corrected chi connectivity index (χ0v) is 36.0. The topological polar surface area (TPSA) is 149 Å². The average molecular weight is 786 g/mol. The third-order valence-corrected chi connectivity index (χ3v) is 11.7. The number of ether oxygens (including phenoxy) is 2. The van der Waals surface area contributed by atoms with Crippen LogP contribution in [0.4, 0.5) is 0 Å². The minimum absolute atomic E-state index is 0.138. The van der Waals surface area contributed by atoms with Crippen molar-refractivity contribution < 1.29 is 39.8 Å². The first-order valence-electron chi connectivity index (χ1n) is 23.7. The Hall–Kier alpha value is -0.810. The summed E-state index contributed by atoms with van der Waals surface area (Å²) in [4.78, 5) is 12.8. The molecule has 0 spiro atoms. The van der Waals surface area contributed by atoms with Crippen LogP contribution in [0.2, 0.25) is 0 Å². The molecule has 7 atom stereocenters. The smallest absolute Gasteiger partial charge is 0.220 e. The van der Waals surface area contributed by atoms with E-state index in [0.29, 0.717) is 12.8 Å². The number of carbonyl (C=O) groups excluding carboxylic acids is 1. The third-order valence-electron chi connectivity index (χ3n) is 11.7. The molecule has 1 aliphatic heterocycles. The zero-order chi connectivity index (χ0) is 40.2. The first kappa shape index (κ1) is 52.2. The number of aliphatic hydroxyl groups is 5. The maximum Gasteiger partial charge on any atom is 0.220 e. The Bertz CT molecular complexity index is 832. The molecular formula is C46H91NO8. The van der Waals surface area contributed by atoms with E-state index in [0.717, 1.165) is 38.5 Å². The van der Waals surface area contributed by atoms with E-state index in [9.17, 15) is 30.3 Å². The summed E-state index contributed by atoms with van der Waals surface area (Å²) < 4.78 is 11.1. The summed E-state index contributed by atoms with van der Waals surface area (Å²) in [6, 6.07) is -0.708. The lowest BCUT2D eigenvalue weighted by Gasteiger charge is -2.40. The van der Waals surface area contributed by atoms with Crippen molar-refractivity contribution >= 4 is 5.91 Å². The summed E-state index contributed by atoms with van der Waals surface area (Å²) in [5.74, 6) is -0.151. The van der Waals surface area contributed by atoms with E-state index in [1.54, 1.807) is 0 Å². The minimum atomic E-state index is -1.54. The minimum Gasteiger partial charge on any atom is -0.394 e. The summed E-state index contributed by atoms with van der Waals surface area (Å²) in [5.41, 5.74) is 0. The fraction of sp³-hybridized carbons (Fsp3) is 0.978. The van der Waals surface area contributed by atoms with Gasteiger partial charge in [-0.25, -0.2) is 0 Å². The van der Waals surface area contributed by atoms with Crippen molar-refractivity contribution in [1.82, 2.24) is 5.32 Å². The Morgan fingerprint density at radius 3 is 1.29 bits per heavy atom. The van der Waals surface area contributed by atoms with Crippen molar-refractivity contribution in [3.8, 4) is 0 Å². The molecule has 0 bridgehead atoms. The quantitative estimate of drug-likeness (QED) is 0.0337. The molecule has 0 saturated carbocycles. The lowest BCUT2D eigenvalue weighted by atomic mass is 9.99. The molecule has 1 saturated heterocycles. The summed E-state index contributed by atoms with van der Waals surface area (Å²) in [6.45, 7) is 3.68. The SMILES string of the molecule is CCCCCCCCCCCCCCCCCCCCCCCCCCCCCCCC(=O)NC(COC1OC(CO)C(O)C(O)C1O)C(O)CCCCC. The summed E-state index contributed by atoms with van der Waals surface area (Å²) in [5, 5.41) is 53.6. The van der Waals surface area contributed by atoms with Gasteiger partial charge in [-0.1, -0.05) is 213 Å². The number of hydrogen-bond donors (Lipinski definition) is 6. The van der Waals surface area contributed by atoms with E-state index in [4.69, 9.17) is 9.47 Å². The van der Waals surface area contributed by atoms with Crippen LogP contribution in [0, 0.1) is 0 Å². The van der Waals surface area contributed by atoms with Gasteiger partial charge in [0.15, 0.2) is 6.29 Å². The molecular weight excluding hydrogens is 695 g/mol. The lowest BCUT2D eigenvalue weighted by Crippen LogP contribution is -2.60. The van der Waals surface area contributed by atoms with E-state index < -0.39 is 49.5 Å². The first-order chi connectivity index (χ1) is 26.8. The molecule has 0 radical (unpaired) electrons. The van der Waals surface area contributed by atoms with Gasteiger partial charge in [0.2, 0.25) is 5.91 Å². The van der Waals surface area contributed by atoms with E-state index in [1.807, 2.05) is 0 Å². The molecule has 9 heteroatoms. The molecule has 9 nitrogen and oxygen atoms in total. The Balaban J connectivity index is 1.97. The molecule has 6 N–H and O–H groups in total. The predicted molar refractivity (Wildman–Crippen MR) is 226 cm³/mol. The second kappa shape index (κ2) is 37.5. The van der Waals surface area contributed by atoms with Crippen molar-refractivity contribution in [2.75, 3.05) is 13.2 Å². The van der Waals surface area contributed by atoms with E-state index >= 15 is 0 Å². The number of nitrogens with one attached hydrogen (secondary N) is 1. The van der Waals surface area contributed by atoms with Crippen molar-refractivity contribution in [1.29, 1.82) is 0 Å². The molecule has 1 aliphatic rings. The van der Waals surface area contributed by atoms with Crippen LogP contribution in [0.25, 0.3) is 0 Å². The van der Waals surface area contributed by atoms with Gasteiger partial charge in [-0.3, -0.25) is 4.79 Å². The molecule has 328 valence electrons. The standard InChI is InChI=1S/C46H91NO8/c1-3-5-7-8-9-10-11-12-13-14-15-16-17-18-19-20-21-22-23-24-25-26-27-28-29-30-31-32-34-36-42(50)47-39(40(49)35-33-6-4-2)38-54-46-45(53)44(52)43(51)41(37-48)55-46/h39-41,43-46,48-49,51-53H,3-38H2,1-2H3,(H,47,50). The van der Waals surface area contributed by atoms with Gasteiger partial charge in [0.25, 0.3) is 0 Å². The van der Waals surface area contributed by atoms with Crippen molar-refractivity contribution in [2.45, 2.75) is 275 Å². The number of unbranched alkanes of at least 4 members (excludes halogenated alkanes) is 30.